The van der Waals surface area contributed by atoms with Gasteiger partial charge < -0.3 is 9.64 Å². The Kier molecular flexibility index (Phi) is 4.93. The number of nitrogens with zero attached hydrogens (tertiary/aromatic N) is 5. The number of pyridine rings is 1. The molecule has 1 aliphatic carbocycles. The van der Waals surface area contributed by atoms with Crippen LogP contribution < -0.4 is 9.62 Å². The van der Waals surface area contributed by atoms with Crippen LogP contribution in [0.3, 0.4) is 0 Å². The molecule has 1 saturated carbocycles. The van der Waals surface area contributed by atoms with Crippen molar-refractivity contribution in [3.8, 4) is 10.8 Å². The number of halogens is 2. The molecule has 0 spiro atoms. The summed E-state index contributed by atoms with van der Waals surface area (Å²) in [7, 11) is 0. The highest BCUT2D eigenvalue weighted by atomic mass is 32.2. The van der Waals surface area contributed by atoms with Crippen LogP contribution in [0.15, 0.2) is 23.4 Å². The first kappa shape index (κ1) is 19.2. The zero-order chi connectivity index (χ0) is 20.0. The monoisotopic (exact) mass is 438 g/mol. The fourth-order valence-corrected chi connectivity index (χ4v) is 4.80. The van der Waals surface area contributed by atoms with Crippen LogP contribution in [0.4, 0.5) is 14.5 Å². The molecule has 3 aromatic heterocycles. The van der Waals surface area contributed by atoms with Crippen LogP contribution in [0, 0.1) is 0 Å². The van der Waals surface area contributed by atoms with Crippen LogP contribution in [0.25, 0.3) is 16.3 Å². The Hall–Kier alpha value is -1.82. The molecular weight excluding hydrogens is 418 g/mol. The lowest BCUT2D eigenvalue weighted by Crippen LogP contribution is -2.36. The molecule has 4 heterocycles. The average Bonchev–Trinajstić information content (AvgIpc) is 3.11. The second-order valence-corrected chi connectivity index (χ2v) is 9.40. The first-order valence-electron chi connectivity index (χ1n) is 9.42. The van der Waals surface area contributed by atoms with Gasteiger partial charge in [0.25, 0.3) is 6.43 Å². The lowest BCUT2D eigenvalue weighted by molar-refractivity contribution is 0.123. The zero-order valence-corrected chi connectivity index (χ0v) is 17.4. The van der Waals surface area contributed by atoms with Gasteiger partial charge in [-0.25, -0.2) is 13.8 Å². The number of hydrogen-bond donors (Lipinski definition) is 1. The van der Waals surface area contributed by atoms with Crippen molar-refractivity contribution in [1.29, 1.82) is 0 Å². The number of ether oxygens (including phenoxy) is 1. The van der Waals surface area contributed by atoms with Crippen molar-refractivity contribution in [2.45, 2.75) is 36.6 Å². The molecule has 11 heteroatoms. The van der Waals surface area contributed by atoms with E-state index >= 15 is 0 Å². The number of aromatic nitrogens is 4. The molecule has 0 amide bonds. The largest absolute Gasteiger partial charge is 0.378 e. The van der Waals surface area contributed by atoms with Crippen molar-refractivity contribution >= 4 is 34.5 Å². The molecule has 29 heavy (non-hydrogen) atoms. The summed E-state index contributed by atoms with van der Waals surface area (Å²) in [4.78, 5) is 7.80. The van der Waals surface area contributed by atoms with Crippen molar-refractivity contribution in [3.05, 3.63) is 23.5 Å². The van der Waals surface area contributed by atoms with Crippen molar-refractivity contribution in [2.24, 2.45) is 0 Å². The van der Waals surface area contributed by atoms with Gasteiger partial charge in [-0.05, 0) is 37.8 Å². The number of nitrogens with one attached hydrogen (secondary N) is 1. The third-order valence-electron chi connectivity index (χ3n) is 5.18. The minimum absolute atomic E-state index is 0.182. The molecule has 1 saturated heterocycles. The third-order valence-corrected chi connectivity index (χ3v) is 7.16. The summed E-state index contributed by atoms with van der Waals surface area (Å²) in [6.07, 6.45) is 3.44. The first-order valence-corrected chi connectivity index (χ1v) is 11.1. The summed E-state index contributed by atoms with van der Waals surface area (Å²) >= 11 is 2.47. The van der Waals surface area contributed by atoms with Crippen molar-refractivity contribution in [3.63, 3.8) is 0 Å². The molecule has 2 fully saturated rings. The average molecular weight is 439 g/mol. The van der Waals surface area contributed by atoms with Gasteiger partial charge in [0.1, 0.15) is 0 Å². The van der Waals surface area contributed by atoms with E-state index in [0.717, 1.165) is 53.4 Å². The first-order chi connectivity index (χ1) is 14.0. The van der Waals surface area contributed by atoms with Gasteiger partial charge in [-0.15, -0.1) is 10.2 Å². The molecule has 0 unspecified atom stereocenters. The number of hydrogen-bond acceptors (Lipinski definition) is 8. The maximum atomic E-state index is 13.0. The Morgan fingerprint density at radius 2 is 2.07 bits per heavy atom. The van der Waals surface area contributed by atoms with E-state index in [9.17, 15) is 8.78 Å². The lowest BCUT2D eigenvalue weighted by atomic mass is 10.3. The van der Waals surface area contributed by atoms with Crippen LogP contribution >= 0.6 is 23.3 Å². The smallest absolute Gasteiger partial charge is 0.291 e. The highest BCUT2D eigenvalue weighted by Gasteiger charge is 2.37. The summed E-state index contributed by atoms with van der Waals surface area (Å²) in [6, 6.07) is 2.15. The second-order valence-electron chi connectivity index (χ2n) is 7.51. The number of alkyl halides is 2. The zero-order valence-electron chi connectivity index (χ0n) is 15.8. The van der Waals surface area contributed by atoms with Crippen LogP contribution in [0.2, 0.25) is 0 Å². The van der Waals surface area contributed by atoms with Gasteiger partial charge in [0.15, 0.2) is 15.8 Å². The summed E-state index contributed by atoms with van der Waals surface area (Å²) in [6.45, 7) is 5.15. The third kappa shape index (κ3) is 3.83. The van der Waals surface area contributed by atoms with Gasteiger partial charge >= 0.3 is 0 Å². The minimum atomic E-state index is -2.63. The normalized spacial score (nSPS) is 18.7. The molecule has 1 aliphatic heterocycles. The Morgan fingerprint density at radius 3 is 2.76 bits per heavy atom. The van der Waals surface area contributed by atoms with E-state index in [1.54, 1.807) is 18.1 Å². The van der Waals surface area contributed by atoms with Crippen LogP contribution in [-0.2, 0) is 4.74 Å². The SMILES string of the molecule is CC1(NSc2cc(N3CCOCC3)c3cnc(-c4nnc(C(F)F)s4)n3c2)CC1. The number of morpholine rings is 1. The fourth-order valence-electron chi connectivity index (χ4n) is 3.21. The fraction of sp³-hybridized carbons (Fsp3) is 0.500. The highest BCUT2D eigenvalue weighted by Crippen LogP contribution is 2.39. The Morgan fingerprint density at radius 1 is 1.28 bits per heavy atom. The molecule has 0 bridgehead atoms. The standard InChI is InChI=1S/C18H20F2N6OS2/c1-18(2-3-18)24-29-11-8-12(25-4-6-27-7-5-25)13-9-21-15(26(13)10-11)17-23-22-16(28-17)14(19)20/h8-10,14,24H,2-7H2,1H3. The Bertz CT molecular complexity index is 1030. The van der Waals surface area contributed by atoms with Gasteiger partial charge in [-0.2, -0.15) is 0 Å². The maximum absolute atomic E-state index is 13.0. The van der Waals surface area contributed by atoms with E-state index in [0.29, 0.717) is 24.0 Å². The second kappa shape index (κ2) is 7.46. The van der Waals surface area contributed by atoms with Gasteiger partial charge in [0.2, 0.25) is 0 Å². The maximum Gasteiger partial charge on any atom is 0.291 e. The molecular formula is C18H20F2N6OS2. The lowest BCUT2D eigenvalue weighted by Gasteiger charge is -2.29. The topological polar surface area (TPSA) is 67.6 Å². The molecule has 0 radical (unpaired) electrons. The van der Waals surface area contributed by atoms with Gasteiger partial charge in [-0.3, -0.25) is 9.12 Å². The molecule has 154 valence electrons. The van der Waals surface area contributed by atoms with E-state index in [1.807, 2.05) is 10.6 Å². The summed E-state index contributed by atoms with van der Waals surface area (Å²) in [5, 5.41) is 7.65. The number of anilines is 1. The van der Waals surface area contributed by atoms with E-state index in [1.165, 1.54) is 0 Å². The highest BCUT2D eigenvalue weighted by molar-refractivity contribution is 7.97. The van der Waals surface area contributed by atoms with Gasteiger partial charge in [-0.1, -0.05) is 11.3 Å². The molecule has 3 aromatic rings. The van der Waals surface area contributed by atoms with Crippen LogP contribution in [0.1, 0.15) is 31.2 Å². The van der Waals surface area contributed by atoms with E-state index in [2.05, 4.69) is 37.8 Å². The molecule has 0 aromatic carbocycles. The molecule has 5 rings (SSSR count). The molecule has 1 N–H and O–H groups in total. The minimum Gasteiger partial charge on any atom is -0.378 e. The van der Waals surface area contributed by atoms with Crippen molar-refractivity contribution < 1.29 is 13.5 Å². The molecule has 2 aliphatic rings. The molecule has 7 nitrogen and oxygen atoms in total. The quantitative estimate of drug-likeness (QED) is 0.588. The predicted molar refractivity (Wildman–Crippen MR) is 109 cm³/mol. The van der Waals surface area contributed by atoms with E-state index < -0.39 is 6.43 Å². The van der Waals surface area contributed by atoms with Crippen LogP contribution in [0.5, 0.6) is 0 Å². The summed E-state index contributed by atoms with van der Waals surface area (Å²) < 4.78 is 36.9. The summed E-state index contributed by atoms with van der Waals surface area (Å²) in [5.74, 6) is 0.527. The number of fused-ring (bicyclic) bond motifs is 1. The van der Waals surface area contributed by atoms with Crippen molar-refractivity contribution in [2.75, 3.05) is 31.2 Å². The number of rotatable bonds is 6. The van der Waals surface area contributed by atoms with E-state index in [-0.39, 0.29) is 10.5 Å². The Balaban J connectivity index is 1.57. The van der Waals surface area contributed by atoms with Gasteiger partial charge in [0.05, 0.1) is 30.6 Å². The predicted octanol–water partition coefficient (Wildman–Crippen LogP) is 3.78. The molecule has 0 atom stereocenters. The Labute approximate surface area is 174 Å². The van der Waals surface area contributed by atoms with Crippen LogP contribution in [-0.4, -0.2) is 51.4 Å². The number of imidazole rings is 1. The summed E-state index contributed by atoms with van der Waals surface area (Å²) in [5.41, 5.74) is 2.15. The van der Waals surface area contributed by atoms with Crippen molar-refractivity contribution in [1.82, 2.24) is 24.3 Å². The van der Waals surface area contributed by atoms with E-state index in [4.69, 9.17) is 4.74 Å². The van der Waals surface area contributed by atoms with Gasteiger partial charge in [0, 0.05) is 29.7 Å².